The smallest absolute Gasteiger partial charge is 0.223 e. The van der Waals surface area contributed by atoms with Gasteiger partial charge in [-0.05, 0) is 51.2 Å². The molecule has 0 atom stereocenters. The number of carbonyl (C=O) groups is 1. The molecule has 0 aromatic carbocycles. The van der Waals surface area contributed by atoms with Crippen LogP contribution in [-0.4, -0.2) is 40.8 Å². The molecular weight excluding hydrogens is 461 g/mol. The monoisotopic (exact) mass is 489 g/mol. The molecule has 1 saturated carbocycles. The molecule has 4 aromatic rings. The van der Waals surface area contributed by atoms with E-state index in [4.69, 9.17) is 4.98 Å². The summed E-state index contributed by atoms with van der Waals surface area (Å²) in [7, 11) is 0. The van der Waals surface area contributed by atoms with E-state index >= 15 is 0 Å². The van der Waals surface area contributed by atoms with Crippen molar-refractivity contribution in [1.29, 1.82) is 0 Å². The molecule has 1 fully saturated rings. The number of H-pyrrole nitrogens is 1. The van der Waals surface area contributed by atoms with Crippen molar-refractivity contribution in [2.75, 3.05) is 5.32 Å². The summed E-state index contributed by atoms with van der Waals surface area (Å²) in [6, 6.07) is 7.43. The number of rotatable bonds is 7. The third-order valence-electron chi connectivity index (χ3n) is 6.36. The predicted molar refractivity (Wildman–Crippen MR) is 131 cm³/mol. The van der Waals surface area contributed by atoms with Crippen molar-refractivity contribution in [3.05, 3.63) is 71.4 Å². The number of nitrogens with one attached hydrogen (secondary N) is 3. The first-order valence-corrected chi connectivity index (χ1v) is 12.0. The van der Waals surface area contributed by atoms with Gasteiger partial charge in [-0.2, -0.15) is 10.2 Å². The summed E-state index contributed by atoms with van der Waals surface area (Å²) < 4.78 is 14.5. The van der Waals surface area contributed by atoms with Gasteiger partial charge < -0.3 is 10.6 Å². The number of carbonyl (C=O) groups excluding carboxylic acids is 1. The molecule has 4 heterocycles. The topological polar surface area (TPSA) is 126 Å². The van der Waals surface area contributed by atoms with Crippen LogP contribution in [0, 0.1) is 25.6 Å². The van der Waals surface area contributed by atoms with E-state index in [9.17, 15) is 9.18 Å². The standard InChI is InChI=1S/C25H28FN9O/c1-15-9-21(31-22-10-16(2)33-34-22)32-24(30-15)18-4-6-19(7-5-18)25(36)28-12-17-3-8-23(27-11-17)35-14-20(26)13-29-35/h3,8-11,13-14,18-19H,4-7,12H2,1-2H3,(H,28,36)(H2,30,31,32,33,34)/t18-,19-. The Labute approximate surface area is 207 Å². The van der Waals surface area contributed by atoms with Gasteiger partial charge in [0.1, 0.15) is 11.6 Å². The summed E-state index contributed by atoms with van der Waals surface area (Å²) in [4.78, 5) is 26.5. The molecule has 0 spiro atoms. The molecule has 1 amide bonds. The lowest BCUT2D eigenvalue weighted by molar-refractivity contribution is -0.126. The second-order valence-electron chi connectivity index (χ2n) is 9.21. The van der Waals surface area contributed by atoms with E-state index in [1.54, 1.807) is 12.3 Å². The minimum Gasteiger partial charge on any atom is -0.352 e. The van der Waals surface area contributed by atoms with Gasteiger partial charge >= 0.3 is 0 Å². The molecule has 0 aliphatic heterocycles. The van der Waals surface area contributed by atoms with Gasteiger partial charge in [-0.25, -0.2) is 24.0 Å². The summed E-state index contributed by atoms with van der Waals surface area (Å²) in [6.45, 7) is 4.30. The number of aromatic nitrogens is 7. The Morgan fingerprint density at radius 2 is 1.94 bits per heavy atom. The SMILES string of the molecule is Cc1cc(Nc2cc(C)[nH]n2)nc([C@H]2CC[C@H](C(=O)NCc3ccc(-n4cc(F)cn4)nc3)CC2)n1. The zero-order chi connectivity index (χ0) is 25.1. The van der Waals surface area contributed by atoms with Crippen LogP contribution in [0.5, 0.6) is 0 Å². The molecule has 36 heavy (non-hydrogen) atoms. The fraction of sp³-hybridized carbons (Fsp3) is 0.360. The highest BCUT2D eigenvalue weighted by molar-refractivity contribution is 5.78. The molecule has 0 bridgehead atoms. The van der Waals surface area contributed by atoms with Crippen LogP contribution in [0.2, 0.25) is 0 Å². The molecule has 10 nitrogen and oxygen atoms in total. The normalized spacial score (nSPS) is 17.6. The second kappa shape index (κ2) is 10.2. The molecule has 1 aliphatic rings. The highest BCUT2D eigenvalue weighted by Crippen LogP contribution is 2.35. The van der Waals surface area contributed by atoms with Gasteiger partial charge in [-0.3, -0.25) is 9.89 Å². The van der Waals surface area contributed by atoms with Crippen LogP contribution >= 0.6 is 0 Å². The van der Waals surface area contributed by atoms with E-state index in [-0.39, 0.29) is 17.7 Å². The minimum atomic E-state index is -0.419. The van der Waals surface area contributed by atoms with Crippen LogP contribution in [0.3, 0.4) is 0 Å². The number of hydrogen-bond acceptors (Lipinski definition) is 7. The van der Waals surface area contributed by atoms with Gasteiger partial charge in [-0.15, -0.1) is 0 Å². The lowest BCUT2D eigenvalue weighted by atomic mass is 9.81. The summed E-state index contributed by atoms with van der Waals surface area (Å²) >= 11 is 0. The molecule has 5 rings (SSSR count). The molecule has 3 N–H and O–H groups in total. The Hall–Kier alpha value is -4.15. The van der Waals surface area contributed by atoms with Crippen molar-refractivity contribution in [3.63, 3.8) is 0 Å². The zero-order valence-electron chi connectivity index (χ0n) is 20.2. The largest absolute Gasteiger partial charge is 0.352 e. The number of pyridine rings is 1. The van der Waals surface area contributed by atoms with Crippen LogP contribution in [0.25, 0.3) is 5.82 Å². The molecular formula is C25H28FN9O. The Kier molecular flexibility index (Phi) is 6.70. The average molecular weight is 490 g/mol. The molecule has 0 unspecified atom stereocenters. The maximum absolute atomic E-state index is 13.1. The summed E-state index contributed by atoms with van der Waals surface area (Å²) in [6.07, 6.45) is 7.36. The minimum absolute atomic E-state index is 0.0324. The van der Waals surface area contributed by atoms with E-state index in [0.29, 0.717) is 12.4 Å². The highest BCUT2D eigenvalue weighted by Gasteiger charge is 2.28. The van der Waals surface area contributed by atoms with Crippen LogP contribution in [0.1, 0.15) is 54.4 Å². The molecule has 186 valence electrons. The van der Waals surface area contributed by atoms with Crippen molar-refractivity contribution >= 4 is 17.5 Å². The molecule has 1 aliphatic carbocycles. The van der Waals surface area contributed by atoms with Crippen molar-refractivity contribution < 1.29 is 9.18 Å². The zero-order valence-corrected chi connectivity index (χ0v) is 20.2. The van der Waals surface area contributed by atoms with E-state index < -0.39 is 5.82 Å². The van der Waals surface area contributed by atoms with Crippen LogP contribution < -0.4 is 10.6 Å². The number of anilines is 2. The number of amides is 1. The predicted octanol–water partition coefficient (Wildman–Crippen LogP) is 3.87. The quantitative estimate of drug-likeness (QED) is 0.360. The van der Waals surface area contributed by atoms with Gasteiger partial charge in [0.25, 0.3) is 0 Å². The molecule has 0 saturated heterocycles. The third kappa shape index (κ3) is 5.56. The first kappa shape index (κ1) is 23.6. The maximum Gasteiger partial charge on any atom is 0.223 e. The first-order chi connectivity index (χ1) is 17.4. The molecule has 4 aromatic heterocycles. The van der Waals surface area contributed by atoms with Crippen LogP contribution in [0.15, 0.2) is 42.9 Å². The van der Waals surface area contributed by atoms with Crippen LogP contribution in [0.4, 0.5) is 16.0 Å². The van der Waals surface area contributed by atoms with Crippen molar-refractivity contribution in [1.82, 2.24) is 40.2 Å². The highest BCUT2D eigenvalue weighted by atomic mass is 19.1. The molecule has 11 heteroatoms. The summed E-state index contributed by atoms with van der Waals surface area (Å²) in [5.74, 6) is 2.59. The van der Waals surface area contributed by atoms with E-state index in [2.05, 4.69) is 35.9 Å². The Bertz CT molecular complexity index is 1340. The Balaban J connectivity index is 1.13. The van der Waals surface area contributed by atoms with Crippen LogP contribution in [-0.2, 0) is 11.3 Å². The molecule has 0 radical (unpaired) electrons. The van der Waals surface area contributed by atoms with Crippen molar-refractivity contribution in [3.8, 4) is 5.82 Å². The summed E-state index contributed by atoms with van der Waals surface area (Å²) in [5, 5.41) is 17.3. The number of halogens is 1. The third-order valence-corrected chi connectivity index (χ3v) is 6.36. The fourth-order valence-electron chi connectivity index (χ4n) is 4.48. The number of aryl methyl sites for hydroxylation is 2. The number of aromatic amines is 1. The summed E-state index contributed by atoms with van der Waals surface area (Å²) in [5.41, 5.74) is 2.74. The van der Waals surface area contributed by atoms with E-state index in [0.717, 1.165) is 66.3 Å². The van der Waals surface area contributed by atoms with Gasteiger partial charge in [0, 0.05) is 48.1 Å². The van der Waals surface area contributed by atoms with Gasteiger partial charge in [0.15, 0.2) is 17.5 Å². The van der Waals surface area contributed by atoms with E-state index in [1.165, 1.54) is 10.9 Å². The lowest BCUT2D eigenvalue weighted by Crippen LogP contribution is -2.32. The Morgan fingerprint density at radius 1 is 1.11 bits per heavy atom. The fourth-order valence-corrected chi connectivity index (χ4v) is 4.48. The first-order valence-electron chi connectivity index (χ1n) is 12.0. The lowest BCUT2D eigenvalue weighted by Gasteiger charge is -2.27. The van der Waals surface area contributed by atoms with Gasteiger partial charge in [0.05, 0.1) is 12.4 Å². The Morgan fingerprint density at radius 3 is 2.61 bits per heavy atom. The van der Waals surface area contributed by atoms with Gasteiger partial charge in [-0.1, -0.05) is 6.07 Å². The second-order valence-corrected chi connectivity index (χ2v) is 9.21. The van der Waals surface area contributed by atoms with Crippen molar-refractivity contribution in [2.24, 2.45) is 5.92 Å². The van der Waals surface area contributed by atoms with Gasteiger partial charge in [0.2, 0.25) is 5.91 Å². The number of hydrogen-bond donors (Lipinski definition) is 3. The number of nitrogens with zero attached hydrogens (tertiary/aromatic N) is 6. The van der Waals surface area contributed by atoms with E-state index in [1.807, 2.05) is 32.0 Å². The maximum atomic E-state index is 13.1. The average Bonchev–Trinajstić information content (AvgIpc) is 3.50. The van der Waals surface area contributed by atoms with Crippen molar-refractivity contribution in [2.45, 2.75) is 52.0 Å².